The van der Waals surface area contributed by atoms with E-state index in [-0.39, 0.29) is 11.8 Å². The highest BCUT2D eigenvalue weighted by Gasteiger charge is 2.62. The molecule has 3 rings (SSSR count). The zero-order chi connectivity index (χ0) is 10.6. The predicted octanol–water partition coefficient (Wildman–Crippen LogP) is 1.39. The lowest BCUT2D eigenvalue weighted by molar-refractivity contribution is -0.141. The van der Waals surface area contributed by atoms with Gasteiger partial charge in [0, 0.05) is 12.0 Å². The van der Waals surface area contributed by atoms with Crippen molar-refractivity contribution < 1.29 is 9.90 Å². The van der Waals surface area contributed by atoms with Gasteiger partial charge >= 0.3 is 5.97 Å². The second kappa shape index (κ2) is 2.85. The van der Waals surface area contributed by atoms with E-state index < -0.39 is 5.97 Å². The van der Waals surface area contributed by atoms with Gasteiger partial charge in [-0.3, -0.25) is 4.79 Å². The summed E-state index contributed by atoms with van der Waals surface area (Å²) in [6.45, 7) is 0.513. The Morgan fingerprint density at radius 2 is 2.40 bits per heavy atom. The topological polar surface area (TPSA) is 63.3 Å². The fourth-order valence-corrected chi connectivity index (χ4v) is 4.27. The van der Waals surface area contributed by atoms with E-state index in [1.807, 2.05) is 0 Å². The van der Waals surface area contributed by atoms with Crippen LogP contribution in [0.3, 0.4) is 0 Å². The second-order valence-electron chi connectivity index (χ2n) is 5.38. The molecule has 0 unspecified atom stereocenters. The van der Waals surface area contributed by atoms with Crippen LogP contribution in [0.25, 0.3) is 0 Å². The van der Waals surface area contributed by atoms with E-state index in [1.54, 1.807) is 0 Å². The highest BCUT2D eigenvalue weighted by Crippen LogP contribution is 2.68. The highest BCUT2D eigenvalue weighted by atomic mass is 16.4. The van der Waals surface area contributed by atoms with E-state index >= 15 is 0 Å². The van der Waals surface area contributed by atoms with Crippen LogP contribution in [0.15, 0.2) is 11.6 Å². The van der Waals surface area contributed by atoms with Gasteiger partial charge in [0.25, 0.3) is 0 Å². The minimum Gasteiger partial charge on any atom is -0.481 e. The maximum atomic E-state index is 10.9. The van der Waals surface area contributed by atoms with Gasteiger partial charge in [0.05, 0.1) is 6.42 Å². The third-order valence-electron chi connectivity index (χ3n) is 4.85. The molecule has 3 aliphatic carbocycles. The number of hydrogen-bond acceptors (Lipinski definition) is 2. The van der Waals surface area contributed by atoms with E-state index in [1.165, 1.54) is 18.4 Å². The molecule has 0 amide bonds. The molecule has 3 N–H and O–H groups in total. The molecule has 3 aliphatic rings. The van der Waals surface area contributed by atoms with E-state index in [4.69, 9.17) is 10.8 Å². The van der Waals surface area contributed by atoms with Crippen LogP contribution >= 0.6 is 0 Å². The van der Waals surface area contributed by atoms with Crippen LogP contribution in [0, 0.1) is 23.2 Å². The van der Waals surface area contributed by atoms with Crippen LogP contribution in [0.2, 0.25) is 0 Å². The maximum Gasteiger partial charge on any atom is 0.304 e. The molecule has 3 nitrogen and oxygen atoms in total. The molecule has 0 aromatic heterocycles. The van der Waals surface area contributed by atoms with Crippen molar-refractivity contribution in [1.29, 1.82) is 0 Å². The van der Waals surface area contributed by atoms with E-state index in [0.29, 0.717) is 18.4 Å². The van der Waals surface area contributed by atoms with Crippen LogP contribution in [0.1, 0.15) is 25.7 Å². The Morgan fingerprint density at radius 3 is 3.07 bits per heavy atom. The highest BCUT2D eigenvalue weighted by molar-refractivity contribution is 5.69. The number of carboxylic acid groups (broad SMARTS) is 1. The number of rotatable bonds is 3. The molecule has 15 heavy (non-hydrogen) atoms. The summed E-state index contributed by atoms with van der Waals surface area (Å²) in [4.78, 5) is 10.9. The van der Waals surface area contributed by atoms with Crippen LogP contribution < -0.4 is 5.73 Å². The number of aliphatic carboxylic acids is 1. The van der Waals surface area contributed by atoms with Crippen LogP contribution in [0.5, 0.6) is 0 Å². The molecule has 0 radical (unpaired) electrons. The summed E-state index contributed by atoms with van der Waals surface area (Å²) in [6, 6.07) is 0. The largest absolute Gasteiger partial charge is 0.481 e. The van der Waals surface area contributed by atoms with Gasteiger partial charge in [0.1, 0.15) is 0 Å². The molecule has 2 saturated carbocycles. The molecular formula is C12H17NO2. The Hall–Kier alpha value is -0.830. The molecule has 2 bridgehead atoms. The monoisotopic (exact) mass is 207 g/mol. The lowest BCUT2D eigenvalue weighted by atomic mass is 9.50. The van der Waals surface area contributed by atoms with Gasteiger partial charge in [0.15, 0.2) is 0 Å². The van der Waals surface area contributed by atoms with Gasteiger partial charge in [-0.05, 0) is 37.0 Å². The molecule has 4 atom stereocenters. The first-order valence-corrected chi connectivity index (χ1v) is 5.80. The zero-order valence-corrected chi connectivity index (χ0v) is 8.78. The molecular weight excluding hydrogens is 190 g/mol. The molecule has 0 spiro atoms. The van der Waals surface area contributed by atoms with Crippen LogP contribution in [-0.4, -0.2) is 17.6 Å². The minimum absolute atomic E-state index is 0.165. The molecule has 0 aliphatic heterocycles. The average Bonchev–Trinajstić information content (AvgIpc) is 2.40. The van der Waals surface area contributed by atoms with Crippen molar-refractivity contribution in [1.82, 2.24) is 0 Å². The second-order valence-corrected chi connectivity index (χ2v) is 5.38. The first-order chi connectivity index (χ1) is 7.17. The van der Waals surface area contributed by atoms with E-state index in [0.717, 1.165) is 12.3 Å². The van der Waals surface area contributed by atoms with Crippen molar-refractivity contribution >= 4 is 5.97 Å². The first-order valence-electron chi connectivity index (χ1n) is 5.80. The van der Waals surface area contributed by atoms with Crippen molar-refractivity contribution in [3.8, 4) is 0 Å². The molecule has 2 fully saturated rings. The summed E-state index contributed by atoms with van der Waals surface area (Å²) in [5.41, 5.74) is 7.07. The van der Waals surface area contributed by atoms with E-state index in [9.17, 15) is 4.79 Å². The fourth-order valence-electron chi connectivity index (χ4n) is 4.27. The van der Waals surface area contributed by atoms with Gasteiger partial charge in [-0.15, -0.1) is 0 Å². The molecule has 0 heterocycles. The lowest BCUT2D eigenvalue weighted by Gasteiger charge is -2.54. The predicted molar refractivity (Wildman–Crippen MR) is 56.1 cm³/mol. The zero-order valence-electron chi connectivity index (χ0n) is 8.78. The number of nitrogens with two attached hydrogens (primary N) is 1. The Morgan fingerprint density at radius 1 is 1.60 bits per heavy atom. The van der Waals surface area contributed by atoms with Crippen LogP contribution in [-0.2, 0) is 4.79 Å². The van der Waals surface area contributed by atoms with E-state index in [2.05, 4.69) is 6.08 Å². The Bertz CT molecular complexity index is 350. The third-order valence-corrected chi connectivity index (χ3v) is 4.85. The van der Waals surface area contributed by atoms with Crippen molar-refractivity contribution in [2.24, 2.45) is 28.9 Å². The number of fused-ring (bicyclic) bond motifs is 1. The van der Waals surface area contributed by atoms with Gasteiger partial charge < -0.3 is 10.8 Å². The van der Waals surface area contributed by atoms with Gasteiger partial charge in [0.2, 0.25) is 0 Å². The summed E-state index contributed by atoms with van der Waals surface area (Å²) in [5, 5.41) is 9.01. The fraction of sp³-hybridized carbons (Fsp3) is 0.750. The summed E-state index contributed by atoms with van der Waals surface area (Å²) in [6.07, 6.45) is 6.18. The molecule has 0 aromatic carbocycles. The Balaban J connectivity index is 1.95. The van der Waals surface area contributed by atoms with Crippen molar-refractivity contribution in [2.45, 2.75) is 25.7 Å². The van der Waals surface area contributed by atoms with Crippen LogP contribution in [0.4, 0.5) is 0 Å². The minimum atomic E-state index is -0.699. The SMILES string of the molecule is NC[C@]1(CC(=O)O)C2=CC[C@@H]3C[C@H]2[C@H]1C3. The van der Waals surface area contributed by atoms with Gasteiger partial charge in [-0.2, -0.15) is 0 Å². The number of carbonyl (C=O) groups is 1. The van der Waals surface area contributed by atoms with Gasteiger partial charge in [-0.25, -0.2) is 0 Å². The molecule has 0 aromatic rings. The van der Waals surface area contributed by atoms with Crippen molar-refractivity contribution in [3.05, 3.63) is 11.6 Å². The standard InChI is InChI=1S/C12H17NO2/c13-6-12(5-11(14)15)9-2-1-7-3-8(9)10(12)4-7/h2,7-8,10H,1,3-6,13H2,(H,14,15)/t7-,8-,10-,12-/m1/s1. The maximum absolute atomic E-state index is 10.9. The molecule has 0 saturated heterocycles. The Labute approximate surface area is 89.3 Å². The van der Waals surface area contributed by atoms with Crippen molar-refractivity contribution in [2.75, 3.05) is 6.54 Å². The number of allylic oxidation sites excluding steroid dienone is 1. The van der Waals surface area contributed by atoms with Crippen molar-refractivity contribution in [3.63, 3.8) is 0 Å². The Kier molecular flexibility index (Phi) is 1.78. The third kappa shape index (κ3) is 1.02. The number of hydrogen-bond donors (Lipinski definition) is 2. The summed E-state index contributed by atoms with van der Waals surface area (Å²) < 4.78 is 0. The first kappa shape index (κ1) is 9.40. The normalized spacial score (nSPS) is 45.9. The average molecular weight is 207 g/mol. The molecule has 3 heteroatoms. The summed E-state index contributed by atoms with van der Waals surface area (Å²) in [5.74, 6) is 1.37. The quantitative estimate of drug-likeness (QED) is 0.687. The molecule has 82 valence electrons. The smallest absolute Gasteiger partial charge is 0.304 e. The summed E-state index contributed by atoms with van der Waals surface area (Å²) in [7, 11) is 0. The lowest BCUT2D eigenvalue weighted by Crippen LogP contribution is -2.53. The van der Waals surface area contributed by atoms with Gasteiger partial charge in [-0.1, -0.05) is 11.6 Å². The number of carboxylic acids is 1. The summed E-state index contributed by atoms with van der Waals surface area (Å²) >= 11 is 0.